The van der Waals surface area contributed by atoms with Crippen LogP contribution >= 0.6 is 0 Å². The Morgan fingerprint density at radius 2 is 1.50 bits per heavy atom. The number of fused-ring (bicyclic) bond motifs is 1. The third kappa shape index (κ3) is 9.69. The SMILES string of the molecule is CC(C)CC(NC(=O)C(Cc1c[nH]c2ccccc12)NC(=O)C(N)CC(=O)O)C(=O)NC(CCC(N)=O)C(=O)O. The van der Waals surface area contributed by atoms with E-state index in [4.69, 9.17) is 16.6 Å². The van der Waals surface area contributed by atoms with Crippen molar-refractivity contribution in [2.75, 3.05) is 0 Å². The van der Waals surface area contributed by atoms with E-state index in [1.165, 1.54) is 0 Å². The van der Waals surface area contributed by atoms with Crippen molar-refractivity contribution < 1.29 is 39.0 Å². The van der Waals surface area contributed by atoms with Gasteiger partial charge in [-0.1, -0.05) is 32.0 Å². The Hall–Kier alpha value is -4.46. The molecule has 0 aliphatic heterocycles. The second-order valence-electron chi connectivity index (χ2n) is 9.92. The predicted octanol–water partition coefficient (Wildman–Crippen LogP) is -0.637. The number of carboxylic acids is 2. The zero-order valence-corrected chi connectivity index (χ0v) is 22.3. The molecule has 1 heterocycles. The van der Waals surface area contributed by atoms with E-state index in [9.17, 15) is 33.9 Å². The Kier molecular flexibility index (Phi) is 11.6. The van der Waals surface area contributed by atoms with E-state index in [1.54, 1.807) is 26.1 Å². The number of carbonyl (C=O) groups excluding carboxylic acids is 4. The monoisotopic (exact) mass is 560 g/mol. The number of aromatic nitrogens is 1. The molecule has 4 unspecified atom stereocenters. The van der Waals surface area contributed by atoms with Crippen molar-refractivity contribution in [1.82, 2.24) is 20.9 Å². The molecule has 40 heavy (non-hydrogen) atoms. The van der Waals surface area contributed by atoms with Crippen molar-refractivity contribution >= 4 is 46.5 Å². The molecule has 1 aromatic carbocycles. The van der Waals surface area contributed by atoms with Crippen molar-refractivity contribution in [1.29, 1.82) is 0 Å². The third-order valence-corrected chi connectivity index (χ3v) is 6.10. The van der Waals surface area contributed by atoms with Crippen LogP contribution in [0, 0.1) is 5.92 Å². The van der Waals surface area contributed by atoms with Crippen molar-refractivity contribution in [3.63, 3.8) is 0 Å². The first-order chi connectivity index (χ1) is 18.8. The first-order valence-corrected chi connectivity index (χ1v) is 12.7. The fourth-order valence-corrected chi connectivity index (χ4v) is 4.08. The van der Waals surface area contributed by atoms with Crippen LogP contribution in [0.15, 0.2) is 30.5 Å². The van der Waals surface area contributed by atoms with E-state index < -0.39 is 66.2 Å². The maximum absolute atomic E-state index is 13.5. The molecule has 10 N–H and O–H groups in total. The zero-order valence-electron chi connectivity index (χ0n) is 22.3. The average molecular weight is 561 g/mol. The smallest absolute Gasteiger partial charge is 0.326 e. The number of benzene rings is 1. The molecule has 0 fully saturated rings. The minimum absolute atomic E-state index is 0.0201. The van der Waals surface area contributed by atoms with E-state index in [0.29, 0.717) is 5.56 Å². The number of aliphatic carboxylic acids is 2. The number of primary amides is 1. The Morgan fingerprint density at radius 3 is 2.10 bits per heavy atom. The highest BCUT2D eigenvalue weighted by Crippen LogP contribution is 2.19. The van der Waals surface area contributed by atoms with Gasteiger partial charge in [-0.3, -0.25) is 24.0 Å². The van der Waals surface area contributed by atoms with E-state index in [-0.39, 0.29) is 31.6 Å². The average Bonchev–Trinajstić information content (AvgIpc) is 3.27. The first kappa shape index (κ1) is 31.8. The van der Waals surface area contributed by atoms with Gasteiger partial charge in [-0.15, -0.1) is 0 Å². The number of hydrogen-bond donors (Lipinski definition) is 8. The molecule has 0 bridgehead atoms. The molecule has 0 saturated heterocycles. The number of amides is 4. The molecule has 218 valence electrons. The standard InChI is InChI=1S/C26H36N6O8/c1-13(2)9-19(24(37)30-18(26(39)40)7-8-21(28)33)32-25(38)20(31-23(36)16(27)11-22(34)35)10-14-12-29-17-6-4-3-5-15(14)17/h3-6,12-13,16,18-20,29H,7-11,27H2,1-2H3,(H2,28,33)(H,30,37)(H,31,36)(H,32,38)(H,34,35)(H,39,40). The number of hydrogen-bond acceptors (Lipinski definition) is 7. The van der Waals surface area contributed by atoms with Crippen molar-refractivity contribution in [3.05, 3.63) is 36.0 Å². The molecule has 0 radical (unpaired) electrons. The van der Waals surface area contributed by atoms with Gasteiger partial charge in [0.25, 0.3) is 0 Å². The number of nitrogens with two attached hydrogens (primary N) is 2. The maximum atomic E-state index is 13.5. The van der Waals surface area contributed by atoms with Crippen molar-refractivity contribution in [2.45, 2.75) is 70.1 Å². The van der Waals surface area contributed by atoms with Crippen LogP contribution in [-0.4, -0.2) is 74.9 Å². The molecule has 0 spiro atoms. The molecule has 14 nitrogen and oxygen atoms in total. The van der Waals surface area contributed by atoms with Crippen LogP contribution in [0.3, 0.4) is 0 Å². The minimum Gasteiger partial charge on any atom is -0.481 e. The summed E-state index contributed by atoms with van der Waals surface area (Å²) >= 11 is 0. The summed E-state index contributed by atoms with van der Waals surface area (Å²) in [6.45, 7) is 3.59. The number of para-hydroxylation sites is 1. The van der Waals surface area contributed by atoms with E-state index in [0.717, 1.165) is 10.9 Å². The summed E-state index contributed by atoms with van der Waals surface area (Å²) in [5, 5.41) is 26.6. The van der Waals surface area contributed by atoms with Gasteiger partial charge in [-0.05, 0) is 30.4 Å². The van der Waals surface area contributed by atoms with Crippen LogP contribution in [0.4, 0.5) is 0 Å². The Morgan fingerprint density at radius 1 is 0.900 bits per heavy atom. The Bertz CT molecular complexity index is 1240. The highest BCUT2D eigenvalue weighted by Gasteiger charge is 2.31. The van der Waals surface area contributed by atoms with Gasteiger partial charge in [0.05, 0.1) is 12.5 Å². The molecule has 4 amide bonds. The highest BCUT2D eigenvalue weighted by atomic mass is 16.4. The molecular weight excluding hydrogens is 524 g/mol. The maximum Gasteiger partial charge on any atom is 0.326 e. The highest BCUT2D eigenvalue weighted by molar-refractivity contribution is 5.95. The van der Waals surface area contributed by atoms with Gasteiger partial charge in [0.1, 0.15) is 18.1 Å². The zero-order chi connectivity index (χ0) is 30.0. The lowest BCUT2D eigenvalue weighted by Gasteiger charge is -2.26. The van der Waals surface area contributed by atoms with Crippen LogP contribution in [-0.2, 0) is 35.2 Å². The van der Waals surface area contributed by atoms with Crippen molar-refractivity contribution in [2.24, 2.45) is 17.4 Å². The Labute approximate surface area is 230 Å². The number of nitrogens with one attached hydrogen (secondary N) is 4. The second-order valence-corrected chi connectivity index (χ2v) is 9.92. The first-order valence-electron chi connectivity index (χ1n) is 12.7. The predicted molar refractivity (Wildman–Crippen MR) is 144 cm³/mol. The Balaban J connectivity index is 2.30. The number of aromatic amines is 1. The van der Waals surface area contributed by atoms with Gasteiger partial charge in [0.15, 0.2) is 0 Å². The van der Waals surface area contributed by atoms with Gasteiger partial charge < -0.3 is 42.6 Å². The quantitative estimate of drug-likeness (QED) is 0.130. The summed E-state index contributed by atoms with van der Waals surface area (Å²) in [6, 6.07) is 2.00. The molecule has 2 aromatic rings. The fraction of sp³-hybridized carbons (Fsp3) is 0.462. The fourth-order valence-electron chi connectivity index (χ4n) is 4.08. The van der Waals surface area contributed by atoms with E-state index >= 15 is 0 Å². The molecule has 0 aliphatic rings. The molecular formula is C26H36N6O8. The number of carbonyl (C=O) groups is 6. The molecule has 14 heteroatoms. The largest absolute Gasteiger partial charge is 0.481 e. The van der Waals surface area contributed by atoms with E-state index in [1.807, 2.05) is 18.2 Å². The molecule has 2 rings (SSSR count). The normalized spacial score (nSPS) is 14.1. The lowest BCUT2D eigenvalue weighted by Crippen LogP contribution is -2.58. The van der Waals surface area contributed by atoms with Gasteiger partial charge >= 0.3 is 11.9 Å². The summed E-state index contributed by atoms with van der Waals surface area (Å²) in [5.74, 6) is -5.92. The summed E-state index contributed by atoms with van der Waals surface area (Å²) in [7, 11) is 0. The lowest BCUT2D eigenvalue weighted by molar-refractivity contribution is -0.142. The number of rotatable bonds is 16. The summed E-state index contributed by atoms with van der Waals surface area (Å²) < 4.78 is 0. The second kappa shape index (κ2) is 14.6. The minimum atomic E-state index is -1.42. The lowest BCUT2D eigenvalue weighted by atomic mass is 10.00. The van der Waals surface area contributed by atoms with E-state index in [2.05, 4.69) is 20.9 Å². The van der Waals surface area contributed by atoms with Crippen LogP contribution < -0.4 is 27.4 Å². The van der Waals surface area contributed by atoms with Gasteiger partial charge in [0, 0.05) is 29.9 Å². The van der Waals surface area contributed by atoms with Crippen LogP contribution in [0.1, 0.15) is 45.1 Å². The van der Waals surface area contributed by atoms with Crippen LogP contribution in [0.25, 0.3) is 10.9 Å². The van der Waals surface area contributed by atoms with Gasteiger partial charge in [-0.25, -0.2) is 4.79 Å². The molecule has 0 aliphatic carbocycles. The molecule has 4 atom stereocenters. The number of carboxylic acid groups (broad SMARTS) is 2. The molecule has 1 aromatic heterocycles. The van der Waals surface area contributed by atoms with Crippen molar-refractivity contribution in [3.8, 4) is 0 Å². The molecule has 0 saturated carbocycles. The summed E-state index contributed by atoms with van der Waals surface area (Å²) in [6.07, 6.45) is 0.614. The number of H-pyrrole nitrogens is 1. The topological polar surface area (TPSA) is 247 Å². The van der Waals surface area contributed by atoms with Gasteiger partial charge in [0.2, 0.25) is 23.6 Å². The van der Waals surface area contributed by atoms with Crippen LogP contribution in [0.2, 0.25) is 0 Å². The summed E-state index contributed by atoms with van der Waals surface area (Å²) in [4.78, 5) is 76.0. The summed E-state index contributed by atoms with van der Waals surface area (Å²) in [5.41, 5.74) is 12.3. The van der Waals surface area contributed by atoms with Crippen LogP contribution in [0.5, 0.6) is 0 Å². The third-order valence-electron chi connectivity index (χ3n) is 6.10. The van der Waals surface area contributed by atoms with Gasteiger partial charge in [-0.2, -0.15) is 0 Å².